The van der Waals surface area contributed by atoms with Crippen LogP contribution in [0, 0.1) is 11.3 Å². The van der Waals surface area contributed by atoms with Crippen LogP contribution in [0.25, 0.3) is 6.08 Å². The Labute approximate surface area is 146 Å². The molecule has 0 bridgehead atoms. The Hall–Kier alpha value is -2.06. The first-order valence-electron chi connectivity index (χ1n) is 8.09. The molecule has 24 heavy (non-hydrogen) atoms. The number of rotatable bonds is 7. The lowest BCUT2D eigenvalue weighted by molar-refractivity contribution is -0.144. The SMILES string of the molecule is CC(=O)CC(=O)OC/C(=C\c1ccc(C#N)cc1)SC1CCCC1. The molecule has 0 amide bonds. The van der Waals surface area contributed by atoms with Crippen molar-refractivity contribution < 1.29 is 14.3 Å². The van der Waals surface area contributed by atoms with Gasteiger partial charge in [0, 0.05) is 10.2 Å². The minimum atomic E-state index is -0.486. The van der Waals surface area contributed by atoms with Gasteiger partial charge in [0.1, 0.15) is 18.8 Å². The molecule has 126 valence electrons. The van der Waals surface area contributed by atoms with Crippen LogP contribution >= 0.6 is 11.8 Å². The van der Waals surface area contributed by atoms with E-state index in [9.17, 15) is 9.59 Å². The summed E-state index contributed by atoms with van der Waals surface area (Å²) in [7, 11) is 0. The molecule has 0 radical (unpaired) electrons. The Bertz CT molecular complexity index is 652. The maximum absolute atomic E-state index is 11.6. The summed E-state index contributed by atoms with van der Waals surface area (Å²) in [5.41, 5.74) is 1.59. The standard InChI is InChI=1S/C19H21NO3S/c1-14(21)10-19(22)23-13-18(24-17-4-2-3-5-17)11-15-6-8-16(12-20)9-7-15/h6-9,11,17H,2-5,10,13H2,1H3/b18-11+. The lowest BCUT2D eigenvalue weighted by Crippen LogP contribution is -2.11. The van der Waals surface area contributed by atoms with Crippen LogP contribution in [-0.4, -0.2) is 23.6 Å². The summed E-state index contributed by atoms with van der Waals surface area (Å²) in [6.07, 6.45) is 6.65. The number of esters is 1. The Balaban J connectivity index is 2.05. The number of Topliss-reactive ketones (excluding diaryl/α,β-unsaturated/α-hetero) is 1. The van der Waals surface area contributed by atoms with Gasteiger partial charge in [-0.05, 0) is 43.5 Å². The monoisotopic (exact) mass is 343 g/mol. The number of nitrogens with zero attached hydrogens (tertiary/aromatic N) is 1. The first-order chi connectivity index (χ1) is 11.6. The van der Waals surface area contributed by atoms with E-state index in [-0.39, 0.29) is 18.8 Å². The van der Waals surface area contributed by atoms with Gasteiger partial charge in [0.15, 0.2) is 0 Å². The highest BCUT2D eigenvalue weighted by molar-refractivity contribution is 8.03. The zero-order valence-corrected chi connectivity index (χ0v) is 14.6. The van der Waals surface area contributed by atoms with Crippen molar-refractivity contribution in [2.24, 2.45) is 0 Å². The maximum atomic E-state index is 11.6. The van der Waals surface area contributed by atoms with Crippen molar-refractivity contribution in [1.29, 1.82) is 5.26 Å². The highest BCUT2D eigenvalue weighted by Crippen LogP contribution is 2.35. The van der Waals surface area contributed by atoms with E-state index in [2.05, 4.69) is 6.07 Å². The molecule has 1 aliphatic rings. The normalized spacial score (nSPS) is 15.1. The lowest BCUT2D eigenvalue weighted by atomic mass is 10.1. The second-order valence-corrected chi connectivity index (χ2v) is 7.34. The summed E-state index contributed by atoms with van der Waals surface area (Å²) in [6.45, 7) is 1.56. The third-order valence-corrected chi connectivity index (χ3v) is 5.10. The molecule has 0 unspecified atom stereocenters. The van der Waals surface area contributed by atoms with Crippen molar-refractivity contribution in [2.45, 2.75) is 44.3 Å². The smallest absolute Gasteiger partial charge is 0.313 e. The van der Waals surface area contributed by atoms with Crippen molar-refractivity contribution >= 4 is 29.6 Å². The predicted octanol–water partition coefficient (Wildman–Crippen LogP) is 4.10. The highest BCUT2D eigenvalue weighted by Gasteiger charge is 2.18. The van der Waals surface area contributed by atoms with Gasteiger partial charge in [-0.2, -0.15) is 5.26 Å². The average molecular weight is 343 g/mol. The second kappa shape index (κ2) is 9.29. The van der Waals surface area contributed by atoms with Crippen molar-refractivity contribution in [2.75, 3.05) is 6.61 Å². The van der Waals surface area contributed by atoms with Gasteiger partial charge in [-0.15, -0.1) is 11.8 Å². The van der Waals surface area contributed by atoms with E-state index in [1.165, 1.54) is 32.6 Å². The molecule has 1 aromatic carbocycles. The van der Waals surface area contributed by atoms with Gasteiger partial charge in [-0.25, -0.2) is 0 Å². The van der Waals surface area contributed by atoms with Crippen LogP contribution in [0.5, 0.6) is 0 Å². The first kappa shape index (κ1) is 18.3. The van der Waals surface area contributed by atoms with Crippen LogP contribution in [0.4, 0.5) is 0 Å². The molecule has 1 fully saturated rings. The van der Waals surface area contributed by atoms with E-state index in [1.54, 1.807) is 23.9 Å². The Morgan fingerprint density at radius 1 is 1.29 bits per heavy atom. The topological polar surface area (TPSA) is 67.2 Å². The van der Waals surface area contributed by atoms with Crippen LogP contribution < -0.4 is 0 Å². The number of ketones is 1. The van der Waals surface area contributed by atoms with E-state index in [1.807, 2.05) is 18.2 Å². The summed E-state index contributed by atoms with van der Waals surface area (Å²) < 4.78 is 5.24. The third kappa shape index (κ3) is 6.21. The summed E-state index contributed by atoms with van der Waals surface area (Å²) >= 11 is 1.75. The zero-order valence-electron chi connectivity index (χ0n) is 13.8. The number of carbonyl (C=O) groups is 2. The number of ether oxygens (including phenoxy) is 1. The van der Waals surface area contributed by atoms with Crippen molar-refractivity contribution in [3.8, 4) is 6.07 Å². The third-order valence-electron chi connectivity index (χ3n) is 3.76. The fourth-order valence-electron chi connectivity index (χ4n) is 2.58. The molecule has 0 aliphatic heterocycles. The Morgan fingerprint density at radius 2 is 1.96 bits per heavy atom. The van der Waals surface area contributed by atoms with Crippen LogP contribution in [0.1, 0.15) is 50.2 Å². The number of nitriles is 1. The number of hydrogen-bond acceptors (Lipinski definition) is 5. The van der Waals surface area contributed by atoms with Crippen molar-refractivity contribution in [1.82, 2.24) is 0 Å². The average Bonchev–Trinajstić information content (AvgIpc) is 3.06. The molecule has 0 spiro atoms. The van der Waals surface area contributed by atoms with Gasteiger partial charge in [0.2, 0.25) is 0 Å². The molecular formula is C19H21NO3S. The van der Waals surface area contributed by atoms with Gasteiger partial charge >= 0.3 is 5.97 Å². The predicted molar refractivity (Wildman–Crippen MR) is 95.2 cm³/mol. The van der Waals surface area contributed by atoms with Crippen molar-refractivity contribution in [3.63, 3.8) is 0 Å². The van der Waals surface area contributed by atoms with Gasteiger partial charge in [0.25, 0.3) is 0 Å². The summed E-state index contributed by atoms with van der Waals surface area (Å²) in [4.78, 5) is 23.6. The Kier molecular flexibility index (Phi) is 7.07. The van der Waals surface area contributed by atoms with Crippen LogP contribution in [0.3, 0.4) is 0 Å². The minimum Gasteiger partial charge on any atom is -0.460 e. The van der Waals surface area contributed by atoms with Gasteiger partial charge < -0.3 is 4.74 Å². The molecule has 0 saturated heterocycles. The Morgan fingerprint density at radius 3 is 2.54 bits per heavy atom. The van der Waals surface area contributed by atoms with E-state index >= 15 is 0 Å². The molecule has 0 atom stereocenters. The number of hydrogen-bond donors (Lipinski definition) is 0. The fourth-order valence-corrected chi connectivity index (χ4v) is 3.90. The molecular weight excluding hydrogens is 322 g/mol. The molecule has 4 nitrogen and oxygen atoms in total. The van der Waals surface area contributed by atoms with E-state index in [0.717, 1.165) is 10.5 Å². The highest BCUT2D eigenvalue weighted by atomic mass is 32.2. The molecule has 1 aliphatic carbocycles. The molecule has 5 heteroatoms. The quantitative estimate of drug-likeness (QED) is 0.551. The molecule has 0 N–H and O–H groups in total. The van der Waals surface area contributed by atoms with Crippen molar-refractivity contribution in [3.05, 3.63) is 40.3 Å². The van der Waals surface area contributed by atoms with Gasteiger partial charge in [-0.1, -0.05) is 25.0 Å². The van der Waals surface area contributed by atoms with E-state index < -0.39 is 5.97 Å². The number of carbonyl (C=O) groups excluding carboxylic acids is 2. The van der Waals surface area contributed by atoms with Crippen LogP contribution in [0.15, 0.2) is 29.2 Å². The molecule has 1 saturated carbocycles. The second-order valence-electron chi connectivity index (χ2n) is 5.91. The lowest BCUT2D eigenvalue weighted by Gasteiger charge is -2.13. The largest absolute Gasteiger partial charge is 0.460 e. The summed E-state index contributed by atoms with van der Waals surface area (Å²) in [5.74, 6) is -0.679. The van der Waals surface area contributed by atoms with E-state index in [4.69, 9.17) is 10.00 Å². The minimum absolute atomic E-state index is 0.182. The molecule has 0 aromatic heterocycles. The molecule has 2 rings (SSSR count). The van der Waals surface area contributed by atoms with Crippen LogP contribution in [0.2, 0.25) is 0 Å². The fraction of sp³-hybridized carbons (Fsp3) is 0.421. The van der Waals surface area contributed by atoms with E-state index in [0.29, 0.717) is 10.8 Å². The summed E-state index contributed by atoms with van der Waals surface area (Å²) in [6, 6.07) is 9.40. The van der Waals surface area contributed by atoms with Gasteiger partial charge in [-0.3, -0.25) is 9.59 Å². The molecule has 0 heterocycles. The zero-order chi connectivity index (χ0) is 17.4. The number of benzene rings is 1. The number of thioether (sulfide) groups is 1. The van der Waals surface area contributed by atoms with Crippen LogP contribution in [-0.2, 0) is 14.3 Å². The maximum Gasteiger partial charge on any atom is 0.313 e. The first-order valence-corrected chi connectivity index (χ1v) is 8.97. The molecule has 1 aromatic rings. The summed E-state index contributed by atoms with van der Waals surface area (Å²) in [5, 5.41) is 9.42. The van der Waals surface area contributed by atoms with Gasteiger partial charge in [0.05, 0.1) is 11.6 Å².